The van der Waals surface area contributed by atoms with Crippen LogP contribution in [0.2, 0.25) is 0 Å². The second kappa shape index (κ2) is 7.92. The summed E-state index contributed by atoms with van der Waals surface area (Å²) in [5.41, 5.74) is 0.699. The summed E-state index contributed by atoms with van der Waals surface area (Å²) < 4.78 is 26.1. The Hall–Kier alpha value is -2.00. The Morgan fingerprint density at radius 2 is 2.12 bits per heavy atom. The minimum absolute atomic E-state index is 0.00673. The molecule has 1 unspecified atom stereocenters. The highest BCUT2D eigenvalue weighted by atomic mass is 32.2. The number of sulfonamides is 1. The largest absolute Gasteiger partial charge is 0.324 e. The number of nitro groups is 1. The van der Waals surface area contributed by atoms with Gasteiger partial charge in [0, 0.05) is 23.9 Å². The molecule has 9 heteroatoms. The van der Waals surface area contributed by atoms with Crippen molar-refractivity contribution >= 4 is 27.3 Å². The fourth-order valence-corrected chi connectivity index (χ4v) is 4.73. The topological polar surface area (TPSA) is 110 Å². The molecule has 1 atom stereocenters. The molecular weight excluding hydrogens is 346 g/mol. The van der Waals surface area contributed by atoms with Gasteiger partial charge in [-0.05, 0) is 32.3 Å². The first kappa shape index (κ1) is 19.3. The van der Waals surface area contributed by atoms with Crippen LogP contribution < -0.4 is 5.32 Å². The summed E-state index contributed by atoms with van der Waals surface area (Å²) in [6.07, 6.45) is 2.42. The Balaban J connectivity index is 2.21. The highest BCUT2D eigenvalue weighted by Gasteiger charge is 2.36. The lowest BCUT2D eigenvalue weighted by atomic mass is 10.0. The molecule has 25 heavy (non-hydrogen) atoms. The van der Waals surface area contributed by atoms with Crippen LogP contribution in [-0.4, -0.2) is 41.9 Å². The average Bonchev–Trinajstić information content (AvgIpc) is 2.56. The monoisotopic (exact) mass is 369 g/mol. The molecule has 0 aromatic heterocycles. The van der Waals surface area contributed by atoms with Crippen LogP contribution in [0.1, 0.15) is 38.2 Å². The second-order valence-electron chi connectivity index (χ2n) is 6.19. The maximum absolute atomic E-state index is 12.6. The lowest BCUT2D eigenvalue weighted by Gasteiger charge is -2.33. The van der Waals surface area contributed by atoms with Crippen molar-refractivity contribution in [1.29, 1.82) is 0 Å². The van der Waals surface area contributed by atoms with Crippen LogP contribution in [0.5, 0.6) is 0 Å². The Labute approximate surface area is 147 Å². The minimum atomic E-state index is -3.48. The van der Waals surface area contributed by atoms with E-state index in [4.69, 9.17) is 0 Å². The maximum atomic E-state index is 12.6. The standard InChI is InChI=1S/C16H23N3O5S/c1-3-10-25(23,24)18-9-5-4-6-14(18)16(20)17-13-8-7-12(2)15(11-13)19(21)22/h7-8,11,14H,3-6,9-10H2,1-2H3,(H,17,20). The van der Waals surface area contributed by atoms with Crippen molar-refractivity contribution in [1.82, 2.24) is 4.31 Å². The van der Waals surface area contributed by atoms with Crippen LogP contribution in [0.4, 0.5) is 11.4 Å². The lowest BCUT2D eigenvalue weighted by molar-refractivity contribution is -0.385. The van der Waals surface area contributed by atoms with Gasteiger partial charge in [0.05, 0.1) is 10.7 Å². The van der Waals surface area contributed by atoms with Crippen molar-refractivity contribution in [2.75, 3.05) is 17.6 Å². The van der Waals surface area contributed by atoms with E-state index in [1.165, 1.54) is 10.4 Å². The number of benzene rings is 1. The second-order valence-corrected chi connectivity index (χ2v) is 8.23. The van der Waals surface area contributed by atoms with E-state index in [1.807, 2.05) is 0 Å². The summed E-state index contributed by atoms with van der Waals surface area (Å²) in [7, 11) is -3.48. The van der Waals surface area contributed by atoms with Gasteiger partial charge in [0.15, 0.2) is 0 Å². The van der Waals surface area contributed by atoms with Gasteiger partial charge in [-0.25, -0.2) is 8.42 Å². The molecule has 1 amide bonds. The Kier molecular flexibility index (Phi) is 6.12. The van der Waals surface area contributed by atoms with Gasteiger partial charge < -0.3 is 5.32 Å². The average molecular weight is 369 g/mol. The smallest absolute Gasteiger partial charge is 0.274 e. The highest BCUT2D eigenvalue weighted by Crippen LogP contribution is 2.25. The first-order chi connectivity index (χ1) is 11.8. The van der Waals surface area contributed by atoms with Gasteiger partial charge >= 0.3 is 0 Å². The molecule has 1 aliphatic rings. The van der Waals surface area contributed by atoms with Crippen LogP contribution in [0.3, 0.4) is 0 Å². The fraction of sp³-hybridized carbons (Fsp3) is 0.562. The number of nitro benzene ring substituents is 1. The number of anilines is 1. The van der Waals surface area contributed by atoms with Crippen LogP contribution in [0.15, 0.2) is 18.2 Å². The van der Waals surface area contributed by atoms with Crippen molar-refractivity contribution in [3.63, 3.8) is 0 Å². The number of carbonyl (C=O) groups excluding carboxylic acids is 1. The molecule has 1 heterocycles. The summed E-state index contributed by atoms with van der Waals surface area (Å²) in [4.78, 5) is 23.1. The van der Waals surface area contributed by atoms with Gasteiger partial charge in [0.25, 0.3) is 5.69 Å². The molecule has 0 radical (unpaired) electrons. The summed E-state index contributed by atoms with van der Waals surface area (Å²) >= 11 is 0. The number of nitrogens with one attached hydrogen (secondary N) is 1. The predicted octanol–water partition coefficient (Wildman–Crippen LogP) is 2.44. The molecule has 1 aromatic carbocycles. The highest BCUT2D eigenvalue weighted by molar-refractivity contribution is 7.89. The number of piperidine rings is 1. The molecule has 0 saturated carbocycles. The number of amides is 1. The third kappa shape index (κ3) is 4.55. The first-order valence-electron chi connectivity index (χ1n) is 8.31. The molecule has 1 aromatic rings. The Morgan fingerprint density at radius 1 is 1.40 bits per heavy atom. The lowest BCUT2D eigenvalue weighted by Crippen LogP contribution is -2.50. The molecule has 0 bridgehead atoms. The zero-order valence-electron chi connectivity index (χ0n) is 14.4. The van der Waals surface area contributed by atoms with E-state index >= 15 is 0 Å². The quantitative estimate of drug-likeness (QED) is 0.612. The summed E-state index contributed by atoms with van der Waals surface area (Å²) in [6, 6.07) is 3.65. The molecule has 8 nitrogen and oxygen atoms in total. The number of hydrogen-bond acceptors (Lipinski definition) is 5. The molecule has 0 spiro atoms. The van der Waals surface area contributed by atoms with Crippen molar-refractivity contribution < 1.29 is 18.1 Å². The molecule has 0 aliphatic carbocycles. The third-order valence-electron chi connectivity index (χ3n) is 4.25. The van der Waals surface area contributed by atoms with E-state index in [9.17, 15) is 23.3 Å². The summed E-state index contributed by atoms with van der Waals surface area (Å²) in [5, 5.41) is 13.7. The number of carbonyl (C=O) groups is 1. The van der Waals surface area contributed by atoms with Crippen molar-refractivity contribution in [2.45, 2.75) is 45.6 Å². The van der Waals surface area contributed by atoms with E-state index in [0.717, 1.165) is 12.8 Å². The summed E-state index contributed by atoms with van der Waals surface area (Å²) in [6.45, 7) is 3.72. The fourth-order valence-electron chi connectivity index (χ4n) is 2.98. The number of rotatable bonds is 6. The Bertz CT molecular complexity index is 763. The van der Waals surface area contributed by atoms with Gasteiger partial charge in [0.2, 0.25) is 15.9 Å². The van der Waals surface area contributed by atoms with Crippen LogP contribution in [-0.2, 0) is 14.8 Å². The van der Waals surface area contributed by atoms with Gasteiger partial charge in [-0.2, -0.15) is 4.31 Å². The van der Waals surface area contributed by atoms with Gasteiger partial charge in [0.1, 0.15) is 6.04 Å². The van der Waals surface area contributed by atoms with Gasteiger partial charge in [-0.15, -0.1) is 0 Å². The normalized spacial score (nSPS) is 18.7. The van der Waals surface area contributed by atoms with Gasteiger partial charge in [-0.3, -0.25) is 14.9 Å². The minimum Gasteiger partial charge on any atom is -0.324 e. The number of aryl methyl sites for hydroxylation is 1. The zero-order valence-corrected chi connectivity index (χ0v) is 15.2. The van der Waals surface area contributed by atoms with E-state index in [1.54, 1.807) is 26.0 Å². The van der Waals surface area contributed by atoms with Crippen LogP contribution >= 0.6 is 0 Å². The summed E-state index contributed by atoms with van der Waals surface area (Å²) in [5.74, 6) is -0.440. The SMILES string of the molecule is CCCS(=O)(=O)N1CCCCC1C(=O)Nc1ccc(C)c([N+](=O)[O-])c1. The van der Waals surface area contributed by atoms with E-state index in [0.29, 0.717) is 30.6 Å². The molecule has 1 N–H and O–H groups in total. The van der Waals surface area contributed by atoms with Crippen LogP contribution in [0.25, 0.3) is 0 Å². The van der Waals surface area contributed by atoms with Crippen molar-refractivity contribution in [3.05, 3.63) is 33.9 Å². The number of hydrogen-bond donors (Lipinski definition) is 1. The first-order valence-corrected chi connectivity index (χ1v) is 9.92. The molecule has 1 aliphatic heterocycles. The van der Waals surface area contributed by atoms with Gasteiger partial charge in [-0.1, -0.05) is 19.4 Å². The van der Waals surface area contributed by atoms with Crippen LogP contribution in [0, 0.1) is 17.0 Å². The maximum Gasteiger partial charge on any atom is 0.274 e. The molecule has 2 rings (SSSR count). The molecule has 1 fully saturated rings. The Morgan fingerprint density at radius 3 is 2.76 bits per heavy atom. The van der Waals surface area contributed by atoms with E-state index < -0.39 is 26.9 Å². The third-order valence-corrected chi connectivity index (χ3v) is 6.32. The van der Waals surface area contributed by atoms with Crippen molar-refractivity contribution in [3.8, 4) is 0 Å². The van der Waals surface area contributed by atoms with Crippen molar-refractivity contribution in [2.24, 2.45) is 0 Å². The molecule has 138 valence electrons. The van der Waals surface area contributed by atoms with E-state index in [-0.39, 0.29) is 11.4 Å². The number of nitrogens with zero attached hydrogens (tertiary/aromatic N) is 2. The predicted molar refractivity (Wildman–Crippen MR) is 94.9 cm³/mol. The molecular formula is C16H23N3O5S. The zero-order chi connectivity index (χ0) is 18.6. The van der Waals surface area contributed by atoms with E-state index in [2.05, 4.69) is 5.32 Å². The molecule has 1 saturated heterocycles.